The molecule has 0 aromatic carbocycles. The highest BCUT2D eigenvalue weighted by Gasteiger charge is 2.16. The Hall–Kier alpha value is -0.790. The van der Waals surface area contributed by atoms with E-state index < -0.39 is 0 Å². The number of aromatic nitrogens is 2. The molecule has 0 spiro atoms. The Morgan fingerprint density at radius 2 is 1.36 bits per heavy atom. The van der Waals surface area contributed by atoms with E-state index in [0.717, 1.165) is 6.54 Å². The van der Waals surface area contributed by atoms with Crippen LogP contribution in [0.2, 0.25) is 0 Å². The lowest BCUT2D eigenvalue weighted by Crippen LogP contribution is -2.07. The number of hydrogen-bond donors (Lipinski definition) is 0. The fourth-order valence-corrected chi connectivity index (χ4v) is 3.55. The zero-order valence-electron chi connectivity index (χ0n) is 17.8. The first-order valence-electron chi connectivity index (χ1n) is 11.2. The van der Waals surface area contributed by atoms with Crippen molar-refractivity contribution in [3.8, 4) is 0 Å². The molecule has 2 nitrogen and oxygen atoms in total. The van der Waals surface area contributed by atoms with E-state index in [2.05, 4.69) is 45.4 Å². The monoisotopic (exact) mass is 348 g/mol. The van der Waals surface area contributed by atoms with Gasteiger partial charge in [-0.1, -0.05) is 98.8 Å². The van der Waals surface area contributed by atoms with E-state index >= 15 is 0 Å². The minimum atomic E-state index is 0.529. The summed E-state index contributed by atoms with van der Waals surface area (Å²) in [6.45, 7) is 12.6. The second-order valence-corrected chi connectivity index (χ2v) is 8.24. The molecule has 0 radical (unpaired) electrons. The summed E-state index contributed by atoms with van der Waals surface area (Å²) >= 11 is 0. The molecule has 0 bridgehead atoms. The fraction of sp³-hybridized carbons (Fsp3) is 0.870. The average Bonchev–Trinajstić information content (AvgIpc) is 3.02. The minimum absolute atomic E-state index is 0.529. The van der Waals surface area contributed by atoms with Gasteiger partial charge < -0.3 is 4.57 Å². The zero-order chi connectivity index (χ0) is 18.5. The topological polar surface area (TPSA) is 17.8 Å². The van der Waals surface area contributed by atoms with Crippen LogP contribution in [0.15, 0.2) is 6.20 Å². The molecule has 1 rings (SSSR count). The van der Waals surface area contributed by atoms with Gasteiger partial charge in [-0.3, -0.25) is 0 Å². The van der Waals surface area contributed by atoms with E-state index in [9.17, 15) is 0 Å². The van der Waals surface area contributed by atoms with Crippen LogP contribution in [-0.4, -0.2) is 9.55 Å². The summed E-state index contributed by atoms with van der Waals surface area (Å²) in [5, 5.41) is 0. The lowest BCUT2D eigenvalue weighted by Gasteiger charge is -2.14. The predicted octanol–water partition coefficient (Wildman–Crippen LogP) is 7.83. The standard InChI is InChI=1S/C23H44N2/c1-6-8-10-11-12-13-14-16-18-25-19-22(20(3)4)24-23(25)21(5)17-15-9-7-2/h19-21H,6-18H2,1-5H3. The van der Waals surface area contributed by atoms with Gasteiger partial charge in [0.15, 0.2) is 0 Å². The highest BCUT2D eigenvalue weighted by atomic mass is 15.1. The molecular weight excluding hydrogens is 304 g/mol. The molecule has 0 aliphatic heterocycles. The maximum absolute atomic E-state index is 5.00. The number of aryl methyl sites for hydroxylation is 1. The first kappa shape index (κ1) is 22.3. The molecule has 0 aliphatic rings. The molecule has 0 aliphatic carbocycles. The van der Waals surface area contributed by atoms with Crippen LogP contribution in [0.25, 0.3) is 0 Å². The van der Waals surface area contributed by atoms with Gasteiger partial charge in [-0.25, -0.2) is 4.98 Å². The average molecular weight is 349 g/mol. The largest absolute Gasteiger partial charge is 0.334 e. The van der Waals surface area contributed by atoms with Gasteiger partial charge in [0.2, 0.25) is 0 Å². The summed E-state index contributed by atoms with van der Waals surface area (Å²) < 4.78 is 2.48. The van der Waals surface area contributed by atoms with Crippen LogP contribution in [0, 0.1) is 0 Å². The van der Waals surface area contributed by atoms with Crippen LogP contribution in [-0.2, 0) is 6.54 Å². The van der Waals surface area contributed by atoms with Crippen molar-refractivity contribution in [3.63, 3.8) is 0 Å². The summed E-state index contributed by atoms with van der Waals surface area (Å²) in [5.74, 6) is 2.46. The quantitative estimate of drug-likeness (QED) is 0.295. The minimum Gasteiger partial charge on any atom is -0.334 e. The summed E-state index contributed by atoms with van der Waals surface area (Å²) in [4.78, 5) is 5.00. The third-order valence-corrected chi connectivity index (χ3v) is 5.35. The van der Waals surface area contributed by atoms with Crippen molar-refractivity contribution in [2.75, 3.05) is 0 Å². The van der Waals surface area contributed by atoms with Crippen molar-refractivity contribution in [1.82, 2.24) is 9.55 Å². The van der Waals surface area contributed by atoms with Crippen molar-refractivity contribution in [2.45, 2.75) is 130 Å². The summed E-state index contributed by atoms with van der Waals surface area (Å²) in [5.41, 5.74) is 1.27. The summed E-state index contributed by atoms with van der Waals surface area (Å²) in [6.07, 6.45) is 18.7. The molecule has 0 saturated carbocycles. The molecular formula is C23H44N2. The van der Waals surface area contributed by atoms with Crippen LogP contribution >= 0.6 is 0 Å². The van der Waals surface area contributed by atoms with E-state index in [0.29, 0.717) is 11.8 Å². The number of hydrogen-bond acceptors (Lipinski definition) is 1. The van der Waals surface area contributed by atoms with Gasteiger partial charge in [0.1, 0.15) is 5.82 Å². The highest BCUT2D eigenvalue weighted by Crippen LogP contribution is 2.25. The Morgan fingerprint density at radius 1 is 0.800 bits per heavy atom. The molecule has 0 N–H and O–H groups in total. The lowest BCUT2D eigenvalue weighted by atomic mass is 10.0. The van der Waals surface area contributed by atoms with Gasteiger partial charge in [0.05, 0.1) is 5.69 Å². The third kappa shape index (κ3) is 8.92. The molecule has 2 heteroatoms. The SMILES string of the molecule is CCCCCCCCCCn1cc(C(C)C)nc1C(C)CCCCC. The normalized spacial score (nSPS) is 12.9. The maximum atomic E-state index is 5.00. The molecule has 1 heterocycles. The molecule has 1 unspecified atom stereocenters. The van der Waals surface area contributed by atoms with E-state index in [1.165, 1.54) is 88.6 Å². The van der Waals surface area contributed by atoms with Crippen LogP contribution in [0.4, 0.5) is 0 Å². The van der Waals surface area contributed by atoms with Crippen LogP contribution in [0.3, 0.4) is 0 Å². The van der Waals surface area contributed by atoms with Crippen molar-refractivity contribution >= 4 is 0 Å². The van der Waals surface area contributed by atoms with Gasteiger partial charge in [0, 0.05) is 18.7 Å². The molecule has 0 saturated heterocycles. The van der Waals surface area contributed by atoms with Gasteiger partial charge in [0.25, 0.3) is 0 Å². The molecule has 0 amide bonds. The van der Waals surface area contributed by atoms with E-state index in [1.54, 1.807) is 0 Å². The molecule has 146 valence electrons. The Kier molecular flexibility index (Phi) is 11.9. The highest BCUT2D eigenvalue weighted by molar-refractivity contribution is 5.11. The third-order valence-electron chi connectivity index (χ3n) is 5.35. The van der Waals surface area contributed by atoms with E-state index in [-0.39, 0.29) is 0 Å². The van der Waals surface area contributed by atoms with E-state index in [1.807, 2.05) is 0 Å². The van der Waals surface area contributed by atoms with Gasteiger partial charge in [-0.2, -0.15) is 0 Å². The zero-order valence-corrected chi connectivity index (χ0v) is 17.8. The Bertz CT molecular complexity index is 433. The van der Waals surface area contributed by atoms with Gasteiger partial charge in [-0.05, 0) is 18.8 Å². The number of rotatable bonds is 15. The van der Waals surface area contributed by atoms with Crippen molar-refractivity contribution in [2.24, 2.45) is 0 Å². The Labute approximate surface area is 157 Å². The first-order chi connectivity index (χ1) is 12.1. The van der Waals surface area contributed by atoms with Crippen LogP contribution < -0.4 is 0 Å². The van der Waals surface area contributed by atoms with Crippen molar-refractivity contribution in [3.05, 3.63) is 17.7 Å². The number of nitrogens with zero attached hydrogens (tertiary/aromatic N) is 2. The second kappa shape index (κ2) is 13.4. The number of imidazole rings is 1. The maximum Gasteiger partial charge on any atom is 0.111 e. The van der Waals surface area contributed by atoms with Crippen molar-refractivity contribution in [1.29, 1.82) is 0 Å². The molecule has 25 heavy (non-hydrogen) atoms. The first-order valence-corrected chi connectivity index (χ1v) is 11.2. The Balaban J connectivity index is 2.44. The second-order valence-electron chi connectivity index (χ2n) is 8.24. The fourth-order valence-electron chi connectivity index (χ4n) is 3.55. The molecule has 1 atom stereocenters. The predicted molar refractivity (Wildman–Crippen MR) is 111 cm³/mol. The van der Waals surface area contributed by atoms with Crippen LogP contribution in [0.1, 0.15) is 135 Å². The van der Waals surface area contributed by atoms with Crippen LogP contribution in [0.5, 0.6) is 0 Å². The molecule has 1 aromatic rings. The number of unbranched alkanes of at least 4 members (excludes halogenated alkanes) is 9. The van der Waals surface area contributed by atoms with Crippen molar-refractivity contribution < 1.29 is 0 Å². The van der Waals surface area contributed by atoms with Gasteiger partial charge >= 0.3 is 0 Å². The smallest absolute Gasteiger partial charge is 0.111 e. The summed E-state index contributed by atoms with van der Waals surface area (Å²) in [6, 6.07) is 0. The molecule has 1 aromatic heterocycles. The summed E-state index contributed by atoms with van der Waals surface area (Å²) in [7, 11) is 0. The molecule has 0 fully saturated rings. The Morgan fingerprint density at radius 3 is 1.96 bits per heavy atom. The van der Waals surface area contributed by atoms with Gasteiger partial charge in [-0.15, -0.1) is 0 Å². The van der Waals surface area contributed by atoms with E-state index in [4.69, 9.17) is 4.98 Å². The lowest BCUT2D eigenvalue weighted by molar-refractivity contribution is 0.507.